The molecule has 1 N–H and O–H groups in total. The van der Waals surface area contributed by atoms with Gasteiger partial charge < -0.3 is 34.3 Å². The van der Waals surface area contributed by atoms with E-state index >= 15 is 0 Å². The summed E-state index contributed by atoms with van der Waals surface area (Å²) in [7, 11) is -9.69. The van der Waals surface area contributed by atoms with Crippen molar-refractivity contribution in [3.63, 3.8) is 0 Å². The van der Waals surface area contributed by atoms with Crippen LogP contribution in [-0.4, -0.2) is 55.2 Å². The van der Waals surface area contributed by atoms with E-state index in [2.05, 4.69) is 37.1 Å². The van der Waals surface area contributed by atoms with Gasteiger partial charge in [0.15, 0.2) is 0 Å². The number of hydrogen-bond donors (Lipinski definition) is 1. The van der Waals surface area contributed by atoms with Crippen LogP contribution in [-0.2, 0) is 39.1 Å². The second-order valence-electron chi connectivity index (χ2n) is 17.7. The van der Waals surface area contributed by atoms with E-state index in [9.17, 15) is 55.6 Å². The van der Waals surface area contributed by atoms with E-state index in [0.717, 1.165) is 83.5 Å². The molecule has 388 valence electrons. The van der Waals surface area contributed by atoms with Crippen LogP contribution in [0.25, 0.3) is 0 Å². The summed E-state index contributed by atoms with van der Waals surface area (Å²) in [5, 5.41) is 33.7. The molecule has 69 heavy (non-hydrogen) atoms. The zero-order valence-electron chi connectivity index (χ0n) is 45.5. The second kappa shape index (κ2) is 60.8. The van der Waals surface area contributed by atoms with E-state index in [4.69, 9.17) is 0 Å². The van der Waals surface area contributed by atoms with Crippen molar-refractivity contribution in [2.45, 2.75) is 276 Å². The summed E-state index contributed by atoms with van der Waals surface area (Å²) < 4.78 is 65.3. The van der Waals surface area contributed by atoms with Crippen molar-refractivity contribution in [1.82, 2.24) is 0 Å². The summed E-state index contributed by atoms with van der Waals surface area (Å²) >= 11 is 0. The van der Waals surface area contributed by atoms with E-state index in [1.165, 1.54) is 109 Å². The Bertz CT molecular complexity index is 1370. The predicted molar refractivity (Wildman–Crippen MR) is 256 cm³/mol. The Morgan fingerprint density at radius 2 is 0.812 bits per heavy atom. The first kappa shape index (κ1) is 84.9. The molecule has 0 aliphatic carbocycles. The summed E-state index contributed by atoms with van der Waals surface area (Å²) in [5.74, 6) is -6.60. The average molecular weight is 1060 g/mol. The Balaban J connectivity index is -0.000000168. The van der Waals surface area contributed by atoms with E-state index in [1.54, 1.807) is 0 Å². The zero-order chi connectivity index (χ0) is 49.5. The fourth-order valence-electron chi connectivity index (χ4n) is 7.76. The minimum atomic E-state index is -5.20. The molecule has 0 saturated carbocycles. The van der Waals surface area contributed by atoms with Gasteiger partial charge in [-0.3, -0.25) is 8.74 Å². The summed E-state index contributed by atoms with van der Waals surface area (Å²) in [6, 6.07) is 0. The average Bonchev–Trinajstić information content (AvgIpc) is 3.23. The van der Waals surface area contributed by atoms with Gasteiger partial charge in [0.25, 0.3) is 10.1 Å². The maximum Gasteiger partial charge on any atom is 1.00 e. The van der Waals surface area contributed by atoms with Gasteiger partial charge in [-0.25, -0.2) is 8.42 Å². The molecule has 0 amide bonds. The Morgan fingerprint density at radius 1 is 0.493 bits per heavy atom. The molecule has 2 atom stereocenters. The monoisotopic (exact) mass is 1060 g/mol. The van der Waals surface area contributed by atoms with Crippen molar-refractivity contribution in [1.29, 1.82) is 0 Å². The molecule has 0 aliphatic heterocycles. The molecule has 19 heteroatoms. The SMILES string of the molecule is CCCCCCCC/C=C\CCCCCCCC(=O)[O-].CCCCCCCCC(C(=O)[O-])C(CCCCCCCC)(C(=O)[O-])S(=O)(=O)O.CCCCCCCCCCCCOS(=O)(=O)[O-].[Na+].[Na+].[Na+].[Na+]. The number of aliphatic carboxylic acids is 3. The molecule has 0 aliphatic rings. The molecule has 0 radical (unpaired) electrons. The van der Waals surface area contributed by atoms with Crippen LogP contribution in [0, 0.1) is 5.92 Å². The molecule has 0 bridgehead atoms. The Kier molecular flexibility index (Phi) is 74.8. The molecule has 2 unspecified atom stereocenters. The number of unbranched alkanes of at least 4 members (excludes halogenated alkanes) is 30. The van der Waals surface area contributed by atoms with Crippen LogP contribution >= 0.6 is 0 Å². The van der Waals surface area contributed by atoms with Crippen molar-refractivity contribution in [3.05, 3.63) is 12.2 Å². The summed E-state index contributed by atoms with van der Waals surface area (Å²) in [6.45, 7) is 8.61. The van der Waals surface area contributed by atoms with Gasteiger partial charge in [0, 0.05) is 17.9 Å². The van der Waals surface area contributed by atoms with Crippen LogP contribution in [0.15, 0.2) is 12.2 Å². The normalized spacial score (nSPS) is 12.3. The molecule has 0 aromatic rings. The van der Waals surface area contributed by atoms with Gasteiger partial charge in [0.2, 0.25) is 10.4 Å². The van der Waals surface area contributed by atoms with Gasteiger partial charge in [0.05, 0.1) is 12.6 Å². The van der Waals surface area contributed by atoms with E-state index in [-0.39, 0.29) is 144 Å². The number of rotatable bonds is 45. The van der Waals surface area contributed by atoms with Crippen molar-refractivity contribution >= 4 is 38.4 Å². The summed E-state index contributed by atoms with van der Waals surface area (Å²) in [5.41, 5.74) is 0. The van der Waals surface area contributed by atoms with Crippen LogP contribution in [0.1, 0.15) is 272 Å². The van der Waals surface area contributed by atoms with Gasteiger partial charge in [0.1, 0.15) is 4.75 Å². The van der Waals surface area contributed by atoms with Crippen LogP contribution in [0.4, 0.5) is 0 Å². The first-order valence-electron chi connectivity index (χ1n) is 25.8. The quantitative estimate of drug-likeness (QED) is 0.0238. The van der Waals surface area contributed by atoms with Crippen LogP contribution in [0.3, 0.4) is 0 Å². The smallest absolute Gasteiger partial charge is 0.726 e. The van der Waals surface area contributed by atoms with Gasteiger partial charge >= 0.3 is 118 Å². The number of hydrogen-bond acceptors (Lipinski definition) is 12. The first-order chi connectivity index (χ1) is 31.0. The van der Waals surface area contributed by atoms with Gasteiger partial charge in [-0.1, -0.05) is 226 Å². The number of carboxylic acid groups (broad SMARTS) is 3. The molecule has 0 aromatic carbocycles. The van der Waals surface area contributed by atoms with Crippen LogP contribution < -0.4 is 134 Å². The van der Waals surface area contributed by atoms with E-state index < -0.39 is 55.5 Å². The van der Waals surface area contributed by atoms with E-state index in [0.29, 0.717) is 25.7 Å². The van der Waals surface area contributed by atoms with Crippen LogP contribution in [0.2, 0.25) is 0 Å². The zero-order valence-corrected chi connectivity index (χ0v) is 55.1. The van der Waals surface area contributed by atoms with Gasteiger partial charge in [-0.05, 0) is 57.8 Å². The first-order valence-corrected chi connectivity index (χ1v) is 28.6. The Morgan fingerprint density at radius 3 is 1.13 bits per heavy atom. The third-order valence-corrected chi connectivity index (χ3v) is 13.8. The maximum atomic E-state index is 12.0. The van der Waals surface area contributed by atoms with E-state index in [1.807, 2.05) is 6.92 Å². The Labute approximate surface area is 511 Å². The molecular formula is C50H94Na4O13S2. The molecule has 0 rings (SSSR count). The number of allylic oxidation sites excluding steroid dienone is 2. The fraction of sp³-hybridized carbons (Fsp3) is 0.900. The van der Waals surface area contributed by atoms with Crippen LogP contribution in [0.5, 0.6) is 0 Å². The predicted octanol–water partition coefficient (Wildman–Crippen LogP) is -1.60. The third-order valence-electron chi connectivity index (χ3n) is 11.8. The largest absolute Gasteiger partial charge is 1.00 e. The minimum absolute atomic E-state index is 0. The van der Waals surface area contributed by atoms with Crippen molar-refractivity contribution in [3.8, 4) is 0 Å². The second-order valence-corrected chi connectivity index (χ2v) is 20.4. The molecule has 0 fully saturated rings. The molecule has 0 heterocycles. The van der Waals surface area contributed by atoms with Gasteiger partial charge in [-0.15, -0.1) is 0 Å². The molecule has 0 saturated heterocycles. The fourth-order valence-corrected chi connectivity index (χ4v) is 9.27. The number of carboxylic acids is 3. The molecule has 0 spiro atoms. The van der Waals surface area contributed by atoms with Gasteiger partial charge in [-0.2, -0.15) is 8.42 Å². The van der Waals surface area contributed by atoms with Crippen molar-refractivity contribution < 1.29 is 178 Å². The maximum absolute atomic E-state index is 12.0. The number of carbonyl (C=O) groups excluding carboxylic acids is 3. The molecule has 0 aromatic heterocycles. The molecule has 13 nitrogen and oxygen atoms in total. The summed E-state index contributed by atoms with van der Waals surface area (Å²) in [6.07, 6.45) is 41.4. The summed E-state index contributed by atoms with van der Waals surface area (Å²) in [4.78, 5) is 33.7. The Hall–Kier alpha value is 1.93. The third kappa shape index (κ3) is 57.5. The van der Waals surface area contributed by atoms with Crippen molar-refractivity contribution in [2.24, 2.45) is 5.92 Å². The number of carbonyl (C=O) groups is 3. The molecular weight excluding hydrogens is 965 g/mol. The standard InChI is InChI=1S/C20H38O7S.C18H34O2.C12H26O4S.4Na/c1-3-5-7-9-11-13-15-17(18(21)22)20(19(23)24,28(25,26)27)16-14-12-10-8-6-4-2;1-2-3-4-5-6-7-8-9-10-11-12-13-14-15-16-17-18(19)20;1-2-3-4-5-6-7-8-9-10-11-12-16-17(13,14)15;;;;/h17H,3-16H2,1-2H3,(H,21,22)(H,23,24)(H,25,26,27);9-10H,2-8,11-17H2,1H3,(H,19,20);2-12H2,1H3,(H,13,14,15);;;;/q;;;4*+1/p-4/b;10-9-;;;;;. The topological polar surface area (TPSA) is 241 Å². The van der Waals surface area contributed by atoms with Crippen molar-refractivity contribution in [2.75, 3.05) is 6.61 Å². The minimum Gasteiger partial charge on any atom is -0.726 e.